The SMILES string of the molecule is COCCN(C)CCNc1ccc([N+](=O)[O-])c2nonc12. The molecular weight excluding hydrogens is 278 g/mol. The number of rotatable bonds is 8. The van der Waals surface area contributed by atoms with E-state index in [1.165, 1.54) is 6.07 Å². The van der Waals surface area contributed by atoms with E-state index in [0.29, 0.717) is 24.4 Å². The molecular formula is C12H17N5O4. The summed E-state index contributed by atoms with van der Waals surface area (Å²) in [6.07, 6.45) is 0. The zero-order chi connectivity index (χ0) is 15.2. The van der Waals surface area contributed by atoms with E-state index in [4.69, 9.17) is 4.74 Å². The molecule has 1 aromatic carbocycles. The van der Waals surface area contributed by atoms with Gasteiger partial charge in [0, 0.05) is 32.8 Å². The highest BCUT2D eigenvalue weighted by molar-refractivity contribution is 5.93. The maximum Gasteiger partial charge on any atom is 0.300 e. The van der Waals surface area contributed by atoms with Crippen LogP contribution in [0.3, 0.4) is 0 Å². The van der Waals surface area contributed by atoms with Gasteiger partial charge in [0.15, 0.2) is 5.52 Å². The Bertz CT molecular complexity index is 615. The minimum atomic E-state index is -0.505. The molecule has 21 heavy (non-hydrogen) atoms. The molecule has 0 saturated carbocycles. The van der Waals surface area contributed by atoms with Crippen LogP contribution < -0.4 is 5.32 Å². The lowest BCUT2D eigenvalue weighted by Crippen LogP contribution is -2.28. The van der Waals surface area contributed by atoms with Gasteiger partial charge in [0.1, 0.15) is 0 Å². The number of methoxy groups -OCH3 is 1. The number of anilines is 1. The number of nitro benzene ring substituents is 1. The maximum absolute atomic E-state index is 10.9. The van der Waals surface area contributed by atoms with Gasteiger partial charge in [-0.3, -0.25) is 10.1 Å². The first-order valence-electron chi connectivity index (χ1n) is 6.44. The normalized spacial score (nSPS) is 11.2. The fourth-order valence-corrected chi connectivity index (χ4v) is 1.88. The van der Waals surface area contributed by atoms with Crippen molar-refractivity contribution in [3.8, 4) is 0 Å². The highest BCUT2D eigenvalue weighted by Gasteiger charge is 2.19. The van der Waals surface area contributed by atoms with Gasteiger partial charge < -0.3 is 15.0 Å². The number of nitrogens with zero attached hydrogens (tertiary/aromatic N) is 4. The van der Waals surface area contributed by atoms with Crippen LogP contribution in [0, 0.1) is 10.1 Å². The molecule has 2 aromatic rings. The van der Waals surface area contributed by atoms with E-state index < -0.39 is 4.92 Å². The standard InChI is InChI=1S/C12H17N5O4/c1-16(7-8-20-2)6-5-13-9-3-4-10(17(18)19)12-11(9)14-21-15-12/h3-4,13H,5-8H2,1-2H3. The average Bonchev–Trinajstić information content (AvgIpc) is 2.94. The van der Waals surface area contributed by atoms with Gasteiger partial charge in [-0.25, -0.2) is 4.63 Å². The van der Waals surface area contributed by atoms with E-state index in [-0.39, 0.29) is 11.2 Å². The van der Waals surface area contributed by atoms with Gasteiger partial charge in [-0.2, -0.15) is 0 Å². The Morgan fingerprint density at radius 2 is 2.14 bits per heavy atom. The molecule has 0 atom stereocenters. The summed E-state index contributed by atoms with van der Waals surface area (Å²) in [4.78, 5) is 12.5. The van der Waals surface area contributed by atoms with Crippen LogP contribution in [0.25, 0.3) is 11.0 Å². The summed E-state index contributed by atoms with van der Waals surface area (Å²) in [6, 6.07) is 3.00. The molecule has 1 aromatic heterocycles. The van der Waals surface area contributed by atoms with Crippen LogP contribution in [0.15, 0.2) is 16.8 Å². The van der Waals surface area contributed by atoms with Gasteiger partial charge in [-0.15, -0.1) is 0 Å². The van der Waals surface area contributed by atoms with Crippen molar-refractivity contribution in [2.45, 2.75) is 0 Å². The van der Waals surface area contributed by atoms with Crippen molar-refractivity contribution >= 4 is 22.4 Å². The third kappa shape index (κ3) is 3.64. The van der Waals surface area contributed by atoms with Gasteiger partial charge in [-0.05, 0) is 23.4 Å². The molecule has 0 amide bonds. The van der Waals surface area contributed by atoms with E-state index in [0.717, 1.165) is 13.1 Å². The van der Waals surface area contributed by atoms with Crippen LogP contribution in [0.5, 0.6) is 0 Å². The van der Waals surface area contributed by atoms with Crippen LogP contribution in [0.4, 0.5) is 11.4 Å². The lowest BCUT2D eigenvalue weighted by molar-refractivity contribution is -0.383. The van der Waals surface area contributed by atoms with E-state index >= 15 is 0 Å². The lowest BCUT2D eigenvalue weighted by atomic mass is 10.2. The molecule has 0 bridgehead atoms. The van der Waals surface area contributed by atoms with E-state index in [9.17, 15) is 10.1 Å². The van der Waals surface area contributed by atoms with Gasteiger partial charge in [-0.1, -0.05) is 0 Å². The number of hydrogen-bond donors (Lipinski definition) is 1. The molecule has 9 heteroatoms. The summed E-state index contributed by atoms with van der Waals surface area (Å²) in [5.74, 6) is 0. The second-order valence-electron chi connectivity index (χ2n) is 4.57. The van der Waals surface area contributed by atoms with Crippen molar-refractivity contribution in [3.63, 3.8) is 0 Å². The smallest absolute Gasteiger partial charge is 0.300 e. The van der Waals surface area contributed by atoms with Crippen LogP contribution in [0.1, 0.15) is 0 Å². The maximum atomic E-state index is 10.9. The summed E-state index contributed by atoms with van der Waals surface area (Å²) in [5.41, 5.74) is 1.06. The first-order valence-corrected chi connectivity index (χ1v) is 6.44. The summed E-state index contributed by atoms with van der Waals surface area (Å²) < 4.78 is 9.61. The zero-order valence-corrected chi connectivity index (χ0v) is 11.9. The van der Waals surface area contributed by atoms with Gasteiger partial charge in [0.05, 0.1) is 17.2 Å². The van der Waals surface area contributed by atoms with E-state index in [1.807, 2.05) is 7.05 Å². The number of nitrogens with one attached hydrogen (secondary N) is 1. The molecule has 2 rings (SSSR count). The van der Waals surface area contributed by atoms with Crippen molar-refractivity contribution in [2.24, 2.45) is 0 Å². The monoisotopic (exact) mass is 295 g/mol. The molecule has 0 fully saturated rings. The Morgan fingerprint density at radius 1 is 1.38 bits per heavy atom. The predicted molar refractivity (Wildman–Crippen MR) is 76.3 cm³/mol. The summed E-state index contributed by atoms with van der Waals surface area (Å²) in [7, 11) is 3.65. The number of hydrogen-bond acceptors (Lipinski definition) is 8. The van der Waals surface area contributed by atoms with Crippen molar-refractivity contribution in [1.82, 2.24) is 15.2 Å². The Morgan fingerprint density at radius 3 is 2.86 bits per heavy atom. The molecule has 114 valence electrons. The fraction of sp³-hybridized carbons (Fsp3) is 0.500. The predicted octanol–water partition coefficient (Wildman–Crippen LogP) is 1.12. The summed E-state index contributed by atoms with van der Waals surface area (Å²) in [5, 5.41) is 21.4. The number of fused-ring (bicyclic) bond motifs is 1. The minimum Gasteiger partial charge on any atom is -0.383 e. The van der Waals surface area contributed by atoms with Crippen LogP contribution in [-0.2, 0) is 4.74 Å². The Hall–Kier alpha value is -2.26. The zero-order valence-electron chi connectivity index (χ0n) is 11.9. The molecule has 0 radical (unpaired) electrons. The molecule has 1 N–H and O–H groups in total. The molecule has 1 heterocycles. The second kappa shape index (κ2) is 6.95. The second-order valence-corrected chi connectivity index (χ2v) is 4.57. The average molecular weight is 295 g/mol. The quantitative estimate of drug-likeness (QED) is 0.570. The van der Waals surface area contributed by atoms with Crippen LogP contribution in [-0.4, -0.2) is 60.5 Å². The summed E-state index contributed by atoms with van der Waals surface area (Å²) in [6.45, 7) is 2.97. The highest BCUT2D eigenvalue weighted by atomic mass is 16.6. The van der Waals surface area contributed by atoms with Gasteiger partial charge >= 0.3 is 5.69 Å². The van der Waals surface area contributed by atoms with Gasteiger partial charge in [0.25, 0.3) is 0 Å². The van der Waals surface area contributed by atoms with E-state index in [1.54, 1.807) is 13.2 Å². The first-order chi connectivity index (χ1) is 10.1. The van der Waals surface area contributed by atoms with Crippen molar-refractivity contribution in [3.05, 3.63) is 22.2 Å². The number of nitro groups is 1. The molecule has 0 unspecified atom stereocenters. The van der Waals surface area contributed by atoms with Crippen molar-refractivity contribution in [1.29, 1.82) is 0 Å². The van der Waals surface area contributed by atoms with Gasteiger partial charge in [0.2, 0.25) is 5.52 Å². The van der Waals surface area contributed by atoms with Crippen molar-refractivity contribution < 1.29 is 14.3 Å². The number of aromatic nitrogens is 2. The highest BCUT2D eigenvalue weighted by Crippen LogP contribution is 2.28. The fourth-order valence-electron chi connectivity index (χ4n) is 1.88. The molecule has 0 aliphatic carbocycles. The Labute approximate surface area is 121 Å². The Kier molecular flexibility index (Phi) is 5.01. The molecule has 0 aliphatic heterocycles. The number of non-ortho nitro benzene ring substituents is 1. The largest absolute Gasteiger partial charge is 0.383 e. The third-order valence-electron chi connectivity index (χ3n) is 3.08. The third-order valence-corrected chi connectivity index (χ3v) is 3.08. The van der Waals surface area contributed by atoms with Crippen molar-refractivity contribution in [2.75, 3.05) is 45.7 Å². The molecule has 0 saturated heterocycles. The summed E-state index contributed by atoms with van der Waals surface area (Å²) >= 11 is 0. The minimum absolute atomic E-state index is 0.117. The topological polar surface area (TPSA) is 107 Å². The Balaban J connectivity index is 2.01. The lowest BCUT2D eigenvalue weighted by Gasteiger charge is -2.16. The molecule has 0 spiro atoms. The van der Waals surface area contributed by atoms with Crippen LogP contribution in [0.2, 0.25) is 0 Å². The molecule has 0 aliphatic rings. The number of ether oxygens (including phenoxy) is 1. The number of benzene rings is 1. The number of likely N-dealkylation sites (N-methyl/N-ethyl adjacent to an activating group) is 1. The van der Waals surface area contributed by atoms with E-state index in [2.05, 4.69) is 25.2 Å². The van der Waals surface area contributed by atoms with Crippen LogP contribution >= 0.6 is 0 Å². The molecule has 9 nitrogen and oxygen atoms in total. The first kappa shape index (κ1) is 15.1.